The molecule has 13 heavy (non-hydrogen) atoms. The molecule has 4 heteroatoms. The van der Waals surface area contributed by atoms with Gasteiger partial charge in [-0.2, -0.15) is 0 Å². The molecule has 0 atom stereocenters. The zero-order valence-electron chi connectivity index (χ0n) is 7.24. The smallest absolute Gasteiger partial charge is 0.126 e. The number of nitrogens with zero attached hydrogens (tertiary/aromatic N) is 1. The van der Waals surface area contributed by atoms with Crippen molar-refractivity contribution in [3.63, 3.8) is 0 Å². The minimum Gasteiger partial charge on any atom is -0.496 e. The maximum Gasteiger partial charge on any atom is 0.126 e. The van der Waals surface area contributed by atoms with Crippen molar-refractivity contribution in [1.29, 1.82) is 0 Å². The van der Waals surface area contributed by atoms with Crippen molar-refractivity contribution in [3.8, 4) is 5.75 Å². The van der Waals surface area contributed by atoms with E-state index >= 15 is 0 Å². The fourth-order valence-electron chi connectivity index (χ4n) is 1.39. The molecule has 0 amide bonds. The van der Waals surface area contributed by atoms with Crippen LogP contribution >= 0.6 is 0 Å². The van der Waals surface area contributed by atoms with Gasteiger partial charge in [0, 0.05) is 5.56 Å². The molecule has 1 aromatic carbocycles. The lowest BCUT2D eigenvalue weighted by molar-refractivity contribution is 0.275. The first-order valence-electron chi connectivity index (χ1n) is 3.96. The summed E-state index contributed by atoms with van der Waals surface area (Å²) in [7, 11) is 1.58. The maximum absolute atomic E-state index is 9.13. The Hall–Kier alpha value is -1.55. The molecule has 0 fully saturated rings. The Balaban J connectivity index is 2.74. The van der Waals surface area contributed by atoms with E-state index in [1.54, 1.807) is 13.4 Å². The summed E-state index contributed by atoms with van der Waals surface area (Å²) in [5.41, 5.74) is 2.40. The third-order valence-corrected chi connectivity index (χ3v) is 2.03. The highest BCUT2D eigenvalue weighted by atomic mass is 16.5. The van der Waals surface area contributed by atoms with E-state index in [0.717, 1.165) is 16.6 Å². The van der Waals surface area contributed by atoms with Crippen LogP contribution in [0.2, 0.25) is 0 Å². The van der Waals surface area contributed by atoms with Crippen LogP contribution in [0.1, 0.15) is 5.56 Å². The van der Waals surface area contributed by atoms with Gasteiger partial charge < -0.3 is 14.8 Å². The molecule has 2 aromatic rings. The molecule has 0 aliphatic heterocycles. The van der Waals surface area contributed by atoms with E-state index in [9.17, 15) is 0 Å². The average Bonchev–Trinajstić information content (AvgIpc) is 2.63. The van der Waals surface area contributed by atoms with Gasteiger partial charge in [0.05, 0.1) is 31.1 Å². The Bertz CT molecular complexity index is 422. The molecule has 0 saturated heterocycles. The van der Waals surface area contributed by atoms with E-state index in [-0.39, 0.29) is 6.61 Å². The summed E-state index contributed by atoms with van der Waals surface area (Å²) in [6, 6.07) is 3.69. The van der Waals surface area contributed by atoms with Gasteiger partial charge in [-0.25, -0.2) is 4.98 Å². The molecule has 1 aromatic heterocycles. The number of aromatic nitrogens is 2. The molecule has 68 valence electrons. The van der Waals surface area contributed by atoms with Crippen molar-refractivity contribution in [2.45, 2.75) is 6.61 Å². The van der Waals surface area contributed by atoms with Gasteiger partial charge in [-0.1, -0.05) is 0 Å². The first-order valence-corrected chi connectivity index (χ1v) is 3.96. The molecule has 2 rings (SSSR count). The van der Waals surface area contributed by atoms with Crippen LogP contribution < -0.4 is 4.74 Å². The number of fused-ring (bicyclic) bond motifs is 1. The summed E-state index contributed by atoms with van der Waals surface area (Å²) >= 11 is 0. The number of imidazole rings is 1. The lowest BCUT2D eigenvalue weighted by Gasteiger charge is -2.05. The van der Waals surface area contributed by atoms with Crippen molar-refractivity contribution < 1.29 is 9.84 Å². The van der Waals surface area contributed by atoms with Crippen molar-refractivity contribution >= 4 is 11.0 Å². The molecule has 0 saturated carbocycles. The maximum atomic E-state index is 9.13. The number of hydrogen-bond acceptors (Lipinski definition) is 3. The van der Waals surface area contributed by atoms with Crippen LogP contribution in [0.5, 0.6) is 5.75 Å². The van der Waals surface area contributed by atoms with Gasteiger partial charge in [0.2, 0.25) is 0 Å². The second kappa shape index (κ2) is 3.06. The number of nitrogens with one attached hydrogen (secondary N) is 1. The van der Waals surface area contributed by atoms with Gasteiger partial charge in [0.1, 0.15) is 5.75 Å². The number of ether oxygens (including phenoxy) is 1. The molecule has 0 spiro atoms. The summed E-state index contributed by atoms with van der Waals surface area (Å²) in [6.45, 7) is -0.0641. The highest BCUT2D eigenvalue weighted by Gasteiger charge is 2.08. The van der Waals surface area contributed by atoms with Gasteiger partial charge >= 0.3 is 0 Å². The second-order valence-electron chi connectivity index (χ2n) is 2.70. The van der Waals surface area contributed by atoms with Crippen LogP contribution in [-0.4, -0.2) is 22.2 Å². The van der Waals surface area contributed by atoms with Crippen LogP contribution in [0, 0.1) is 0 Å². The number of H-pyrrole nitrogens is 1. The standard InChI is InChI=1S/C9H10N2O2/c1-13-8-3-2-7-9(6(8)4-12)11-5-10-7/h2-3,5,12H,4H2,1H3,(H,10,11). The fraction of sp³-hybridized carbons (Fsp3) is 0.222. The predicted molar refractivity (Wildman–Crippen MR) is 48.6 cm³/mol. The van der Waals surface area contributed by atoms with Crippen LogP contribution in [0.4, 0.5) is 0 Å². The van der Waals surface area contributed by atoms with Crippen LogP contribution in [0.3, 0.4) is 0 Å². The molecule has 4 nitrogen and oxygen atoms in total. The van der Waals surface area contributed by atoms with Crippen molar-refractivity contribution in [2.75, 3.05) is 7.11 Å². The number of aromatic amines is 1. The lowest BCUT2D eigenvalue weighted by atomic mass is 10.2. The zero-order valence-corrected chi connectivity index (χ0v) is 7.24. The van der Waals surface area contributed by atoms with Crippen LogP contribution in [0.25, 0.3) is 11.0 Å². The highest BCUT2D eigenvalue weighted by Crippen LogP contribution is 2.25. The summed E-state index contributed by atoms with van der Waals surface area (Å²) in [6.07, 6.45) is 1.60. The van der Waals surface area contributed by atoms with Gasteiger partial charge in [0.25, 0.3) is 0 Å². The van der Waals surface area contributed by atoms with Crippen LogP contribution in [-0.2, 0) is 6.61 Å². The molecule has 0 bridgehead atoms. The Kier molecular flexibility index (Phi) is 1.90. The summed E-state index contributed by atoms with van der Waals surface area (Å²) < 4.78 is 5.10. The van der Waals surface area contributed by atoms with E-state index in [0.29, 0.717) is 5.75 Å². The molecule has 1 heterocycles. The van der Waals surface area contributed by atoms with Gasteiger partial charge in [-0.05, 0) is 12.1 Å². The van der Waals surface area contributed by atoms with E-state index in [4.69, 9.17) is 9.84 Å². The fourth-order valence-corrected chi connectivity index (χ4v) is 1.39. The summed E-state index contributed by atoms with van der Waals surface area (Å²) in [4.78, 5) is 7.07. The van der Waals surface area contributed by atoms with Crippen LogP contribution in [0.15, 0.2) is 18.5 Å². The number of aliphatic hydroxyl groups excluding tert-OH is 1. The second-order valence-corrected chi connectivity index (χ2v) is 2.70. The van der Waals surface area contributed by atoms with E-state index in [1.165, 1.54) is 0 Å². The highest BCUT2D eigenvalue weighted by molar-refractivity contribution is 5.80. The molecule has 0 radical (unpaired) electrons. The van der Waals surface area contributed by atoms with E-state index in [1.807, 2.05) is 12.1 Å². The monoisotopic (exact) mass is 178 g/mol. The number of aliphatic hydroxyl groups is 1. The number of benzene rings is 1. The molecule has 0 aliphatic rings. The first-order chi connectivity index (χ1) is 6.36. The minimum absolute atomic E-state index is 0.0641. The van der Waals surface area contributed by atoms with Gasteiger partial charge in [-0.3, -0.25) is 0 Å². The zero-order chi connectivity index (χ0) is 9.26. The lowest BCUT2D eigenvalue weighted by Crippen LogP contribution is -1.92. The van der Waals surface area contributed by atoms with Gasteiger partial charge in [-0.15, -0.1) is 0 Å². The number of methoxy groups -OCH3 is 1. The molecule has 0 unspecified atom stereocenters. The third-order valence-electron chi connectivity index (χ3n) is 2.03. The number of hydrogen-bond donors (Lipinski definition) is 2. The first kappa shape index (κ1) is 8.07. The number of rotatable bonds is 2. The molecule has 2 N–H and O–H groups in total. The summed E-state index contributed by atoms with van der Waals surface area (Å²) in [5, 5.41) is 9.13. The minimum atomic E-state index is -0.0641. The Morgan fingerprint density at radius 1 is 1.54 bits per heavy atom. The summed E-state index contributed by atoms with van der Waals surface area (Å²) in [5.74, 6) is 0.669. The largest absolute Gasteiger partial charge is 0.496 e. The SMILES string of the molecule is COc1ccc2[nH]cnc2c1CO. The predicted octanol–water partition coefficient (Wildman–Crippen LogP) is 1.06. The van der Waals surface area contributed by atoms with Gasteiger partial charge in [0.15, 0.2) is 0 Å². The molecular formula is C9H10N2O2. The topological polar surface area (TPSA) is 58.1 Å². The van der Waals surface area contributed by atoms with Crippen molar-refractivity contribution in [3.05, 3.63) is 24.0 Å². The Morgan fingerprint density at radius 3 is 3.08 bits per heavy atom. The average molecular weight is 178 g/mol. The van der Waals surface area contributed by atoms with Crippen molar-refractivity contribution in [1.82, 2.24) is 9.97 Å². The van der Waals surface area contributed by atoms with Crippen molar-refractivity contribution in [2.24, 2.45) is 0 Å². The quantitative estimate of drug-likeness (QED) is 0.723. The molecule has 0 aliphatic carbocycles. The Labute approximate surface area is 75.2 Å². The molecular weight excluding hydrogens is 168 g/mol. The van der Waals surface area contributed by atoms with E-state index in [2.05, 4.69) is 9.97 Å². The van der Waals surface area contributed by atoms with E-state index < -0.39 is 0 Å². The normalized spacial score (nSPS) is 10.6. The third kappa shape index (κ3) is 1.15. The Morgan fingerprint density at radius 2 is 2.38 bits per heavy atom.